The van der Waals surface area contributed by atoms with E-state index >= 15 is 0 Å². The number of hydrogen-bond donors (Lipinski definition) is 0. The first-order chi connectivity index (χ1) is 17.5. The number of sulfonamides is 1. The van der Waals surface area contributed by atoms with Gasteiger partial charge in [-0.25, -0.2) is 8.42 Å². The Labute approximate surface area is 223 Å². The van der Waals surface area contributed by atoms with Crippen LogP contribution in [-0.2, 0) is 19.6 Å². The molecule has 1 unspecified atom stereocenters. The lowest BCUT2D eigenvalue weighted by molar-refractivity contribution is -0.138. The summed E-state index contributed by atoms with van der Waals surface area (Å²) in [5, 5.41) is 0. The van der Waals surface area contributed by atoms with Gasteiger partial charge >= 0.3 is 0 Å². The van der Waals surface area contributed by atoms with Crippen LogP contribution in [0.1, 0.15) is 17.5 Å². The summed E-state index contributed by atoms with van der Waals surface area (Å²) in [6.45, 7) is 10.6. The van der Waals surface area contributed by atoms with Crippen LogP contribution in [0.4, 0.5) is 0 Å². The number of benzene rings is 1. The Morgan fingerprint density at radius 2 is 1.70 bits per heavy atom. The van der Waals surface area contributed by atoms with Crippen molar-refractivity contribution < 1.29 is 22.7 Å². The highest BCUT2D eigenvalue weighted by Gasteiger charge is 2.37. The van der Waals surface area contributed by atoms with Crippen molar-refractivity contribution in [3.63, 3.8) is 0 Å². The van der Waals surface area contributed by atoms with E-state index < -0.39 is 10.0 Å². The van der Waals surface area contributed by atoms with Crippen molar-refractivity contribution in [1.29, 1.82) is 0 Å². The normalized spacial score (nSPS) is 20.5. The molecule has 1 atom stereocenters. The summed E-state index contributed by atoms with van der Waals surface area (Å²) in [6, 6.07) is 3.13. The molecule has 210 valence electrons. The van der Waals surface area contributed by atoms with Gasteiger partial charge in [0.15, 0.2) is 0 Å². The Kier molecular flexibility index (Phi) is 10.7. The molecule has 0 N–H and O–H groups in total. The molecule has 2 aliphatic rings. The number of hydrogen-bond acceptors (Lipinski definition) is 8. The zero-order valence-corrected chi connectivity index (χ0v) is 24.2. The van der Waals surface area contributed by atoms with Gasteiger partial charge < -0.3 is 24.2 Å². The topological polar surface area (TPSA) is 85.9 Å². The molecule has 3 rings (SSSR count). The molecule has 10 nitrogen and oxygen atoms in total. The standard InChI is InChI=1S/C26H45N5O5S/c1-21-16-24(35-6)17-22(2)26(21)37(33,34)31-15-10-28(5)18-23(31)19-36-20-25(32)30-13-11-29(12-14-30)9-7-8-27(3)4/h16-17,23H,7-15,18-20H2,1-6H3. The van der Waals surface area contributed by atoms with E-state index in [0.717, 1.165) is 32.6 Å². The van der Waals surface area contributed by atoms with Crippen molar-refractivity contribution in [3.8, 4) is 5.75 Å². The van der Waals surface area contributed by atoms with Crippen LogP contribution in [0.3, 0.4) is 0 Å². The molecule has 2 aliphatic heterocycles. The van der Waals surface area contributed by atoms with Gasteiger partial charge in [-0.15, -0.1) is 0 Å². The Balaban J connectivity index is 1.56. The number of amides is 1. The van der Waals surface area contributed by atoms with Crippen LogP contribution in [-0.4, -0.2) is 145 Å². The second kappa shape index (κ2) is 13.3. The molecule has 0 spiro atoms. The van der Waals surface area contributed by atoms with E-state index in [1.807, 2.05) is 11.9 Å². The summed E-state index contributed by atoms with van der Waals surface area (Å²) in [6.07, 6.45) is 1.12. The van der Waals surface area contributed by atoms with E-state index in [1.165, 1.54) is 0 Å². The highest BCUT2D eigenvalue weighted by Crippen LogP contribution is 2.30. The zero-order chi connectivity index (χ0) is 27.2. The molecule has 11 heteroatoms. The second-order valence-electron chi connectivity index (χ2n) is 10.5. The molecular weight excluding hydrogens is 494 g/mol. The summed E-state index contributed by atoms with van der Waals surface area (Å²) in [4.78, 5) is 21.7. The fourth-order valence-corrected chi connectivity index (χ4v) is 7.21. The van der Waals surface area contributed by atoms with Gasteiger partial charge in [-0.2, -0.15) is 4.31 Å². The number of carbonyl (C=O) groups excluding carboxylic acids is 1. The summed E-state index contributed by atoms with van der Waals surface area (Å²) >= 11 is 0. The molecule has 0 radical (unpaired) electrons. The molecule has 2 heterocycles. The summed E-state index contributed by atoms with van der Waals surface area (Å²) in [7, 11) is 3.97. The summed E-state index contributed by atoms with van der Waals surface area (Å²) < 4.78 is 40.2. The van der Waals surface area contributed by atoms with Crippen molar-refractivity contribution in [3.05, 3.63) is 23.3 Å². The van der Waals surface area contributed by atoms with E-state index in [4.69, 9.17) is 9.47 Å². The average molecular weight is 540 g/mol. The number of methoxy groups -OCH3 is 1. The SMILES string of the molecule is COc1cc(C)c(S(=O)(=O)N2CCN(C)CC2COCC(=O)N2CCN(CCCN(C)C)CC2)c(C)c1. The van der Waals surface area contributed by atoms with E-state index in [2.05, 4.69) is 28.8 Å². The number of ether oxygens (including phenoxy) is 2. The van der Waals surface area contributed by atoms with E-state index in [0.29, 0.717) is 54.5 Å². The fraction of sp³-hybridized carbons (Fsp3) is 0.731. The van der Waals surface area contributed by atoms with Gasteiger partial charge in [0.25, 0.3) is 0 Å². The number of rotatable bonds is 11. The smallest absolute Gasteiger partial charge is 0.248 e. The first-order valence-corrected chi connectivity index (χ1v) is 14.5. The maximum atomic E-state index is 13.8. The van der Waals surface area contributed by atoms with E-state index in [-0.39, 0.29) is 25.2 Å². The molecule has 37 heavy (non-hydrogen) atoms. The lowest BCUT2D eigenvalue weighted by atomic mass is 10.1. The van der Waals surface area contributed by atoms with Crippen molar-refractivity contribution in [2.24, 2.45) is 0 Å². The predicted molar refractivity (Wildman–Crippen MR) is 145 cm³/mol. The lowest BCUT2D eigenvalue weighted by Gasteiger charge is -2.39. The van der Waals surface area contributed by atoms with Crippen molar-refractivity contribution in [2.75, 3.05) is 100 Å². The zero-order valence-electron chi connectivity index (χ0n) is 23.4. The molecule has 1 aromatic carbocycles. The average Bonchev–Trinajstić information content (AvgIpc) is 2.83. The van der Waals surface area contributed by atoms with Gasteiger partial charge in [0.2, 0.25) is 15.9 Å². The van der Waals surface area contributed by atoms with Crippen LogP contribution in [0.15, 0.2) is 17.0 Å². The molecular formula is C26H45N5O5S. The Bertz CT molecular complexity index is 988. The van der Waals surface area contributed by atoms with Crippen LogP contribution < -0.4 is 4.74 Å². The Morgan fingerprint density at radius 1 is 1.05 bits per heavy atom. The molecule has 1 aromatic rings. The maximum absolute atomic E-state index is 13.8. The predicted octanol–water partition coefficient (Wildman–Crippen LogP) is 0.729. The molecule has 0 aromatic heterocycles. The minimum absolute atomic E-state index is 0.0324. The van der Waals surface area contributed by atoms with Gasteiger partial charge in [-0.1, -0.05) is 0 Å². The monoisotopic (exact) mass is 539 g/mol. The third-order valence-corrected chi connectivity index (χ3v) is 9.47. The van der Waals surface area contributed by atoms with Crippen molar-refractivity contribution in [2.45, 2.75) is 31.2 Å². The third kappa shape index (κ3) is 7.87. The highest BCUT2D eigenvalue weighted by atomic mass is 32.2. The van der Waals surface area contributed by atoms with Crippen molar-refractivity contribution >= 4 is 15.9 Å². The molecule has 2 saturated heterocycles. The minimum Gasteiger partial charge on any atom is -0.497 e. The number of piperazine rings is 2. The second-order valence-corrected chi connectivity index (χ2v) is 12.3. The third-order valence-electron chi connectivity index (χ3n) is 7.21. The fourth-order valence-electron chi connectivity index (χ4n) is 5.20. The number of likely N-dealkylation sites (N-methyl/N-ethyl adjacent to an activating group) is 1. The molecule has 2 fully saturated rings. The maximum Gasteiger partial charge on any atom is 0.248 e. The first kappa shape index (κ1) is 29.8. The Hall–Kier alpha value is -1.76. The van der Waals surface area contributed by atoms with Gasteiger partial charge in [0.1, 0.15) is 12.4 Å². The molecule has 0 bridgehead atoms. The molecule has 0 aliphatic carbocycles. The lowest BCUT2D eigenvalue weighted by Crippen LogP contribution is -2.56. The van der Waals surface area contributed by atoms with Crippen molar-refractivity contribution in [1.82, 2.24) is 23.9 Å². The quantitative estimate of drug-likeness (QED) is 0.407. The Morgan fingerprint density at radius 3 is 2.30 bits per heavy atom. The largest absolute Gasteiger partial charge is 0.497 e. The van der Waals surface area contributed by atoms with Gasteiger partial charge in [0, 0.05) is 45.8 Å². The molecule has 1 amide bonds. The van der Waals surface area contributed by atoms with Crippen LogP contribution in [0.5, 0.6) is 5.75 Å². The van der Waals surface area contributed by atoms with Gasteiger partial charge in [0.05, 0.1) is 24.7 Å². The van der Waals surface area contributed by atoms with Crippen LogP contribution >= 0.6 is 0 Å². The summed E-state index contributed by atoms with van der Waals surface area (Å²) in [5.41, 5.74) is 1.32. The van der Waals surface area contributed by atoms with Gasteiger partial charge in [-0.3, -0.25) is 9.69 Å². The van der Waals surface area contributed by atoms with Crippen LogP contribution in [0.25, 0.3) is 0 Å². The number of aryl methyl sites for hydroxylation is 2. The number of carbonyl (C=O) groups is 1. The number of nitrogens with zero attached hydrogens (tertiary/aromatic N) is 5. The first-order valence-electron chi connectivity index (χ1n) is 13.1. The minimum atomic E-state index is -3.74. The summed E-state index contributed by atoms with van der Waals surface area (Å²) in [5.74, 6) is 0.605. The highest BCUT2D eigenvalue weighted by molar-refractivity contribution is 7.89. The van der Waals surface area contributed by atoms with Crippen LogP contribution in [0.2, 0.25) is 0 Å². The van der Waals surface area contributed by atoms with E-state index in [9.17, 15) is 13.2 Å². The molecule has 0 saturated carbocycles. The van der Waals surface area contributed by atoms with Gasteiger partial charge in [-0.05, 0) is 77.8 Å². The van der Waals surface area contributed by atoms with Crippen LogP contribution in [0, 0.1) is 13.8 Å². The van der Waals surface area contributed by atoms with E-state index in [1.54, 1.807) is 37.4 Å².